The van der Waals surface area contributed by atoms with Crippen molar-refractivity contribution in [2.75, 3.05) is 6.61 Å². The molecule has 0 amide bonds. The summed E-state index contributed by atoms with van der Waals surface area (Å²) in [6, 6.07) is 0. The van der Waals surface area contributed by atoms with E-state index in [9.17, 15) is 14.4 Å². The summed E-state index contributed by atoms with van der Waals surface area (Å²) >= 11 is 0. The first-order valence-electron chi connectivity index (χ1n) is 8.57. The minimum atomic E-state index is -0.691. The summed E-state index contributed by atoms with van der Waals surface area (Å²) in [6.07, 6.45) is 6.62. The summed E-state index contributed by atoms with van der Waals surface area (Å²) in [4.78, 5) is 35.3. The van der Waals surface area contributed by atoms with E-state index in [1.54, 1.807) is 20.8 Å². The quantitative estimate of drug-likeness (QED) is 0.304. The van der Waals surface area contributed by atoms with Crippen molar-refractivity contribution in [1.29, 1.82) is 0 Å². The van der Waals surface area contributed by atoms with E-state index in [-0.39, 0.29) is 12.3 Å². The van der Waals surface area contributed by atoms with Gasteiger partial charge in [-0.1, -0.05) is 18.7 Å². The first-order chi connectivity index (χ1) is 11.7. The van der Waals surface area contributed by atoms with E-state index in [4.69, 9.17) is 14.2 Å². The number of hydrogen-bond acceptors (Lipinski definition) is 6. The molecule has 2 aliphatic rings. The maximum absolute atomic E-state index is 12.2. The van der Waals surface area contributed by atoms with Crippen LogP contribution in [0.2, 0.25) is 0 Å². The predicted molar refractivity (Wildman–Crippen MR) is 90.3 cm³/mol. The molecular formula is C19H26O6. The summed E-state index contributed by atoms with van der Waals surface area (Å²) in [5.41, 5.74) is -0.598. The maximum Gasteiger partial charge on any atom is 0.344 e. The monoisotopic (exact) mass is 350 g/mol. The van der Waals surface area contributed by atoms with Gasteiger partial charge in [-0.2, -0.15) is 0 Å². The summed E-state index contributed by atoms with van der Waals surface area (Å²) in [5.74, 6) is -0.893. The third-order valence-electron chi connectivity index (χ3n) is 4.38. The molecule has 0 aliphatic heterocycles. The zero-order valence-electron chi connectivity index (χ0n) is 15.0. The van der Waals surface area contributed by atoms with E-state index in [0.29, 0.717) is 11.8 Å². The topological polar surface area (TPSA) is 78.9 Å². The van der Waals surface area contributed by atoms with Crippen molar-refractivity contribution in [2.45, 2.75) is 51.7 Å². The second kappa shape index (κ2) is 7.85. The van der Waals surface area contributed by atoms with Crippen LogP contribution in [0.1, 0.15) is 40.0 Å². The lowest BCUT2D eigenvalue weighted by molar-refractivity contribution is -0.169. The van der Waals surface area contributed by atoms with Crippen molar-refractivity contribution < 1.29 is 28.6 Å². The third-order valence-corrected chi connectivity index (χ3v) is 4.38. The van der Waals surface area contributed by atoms with Crippen LogP contribution in [0.5, 0.6) is 0 Å². The Hall–Kier alpha value is -2.11. The van der Waals surface area contributed by atoms with Gasteiger partial charge in [0.15, 0.2) is 6.61 Å². The van der Waals surface area contributed by atoms with Gasteiger partial charge in [-0.15, -0.1) is 0 Å². The fourth-order valence-corrected chi connectivity index (χ4v) is 3.47. The molecular weight excluding hydrogens is 324 g/mol. The molecule has 25 heavy (non-hydrogen) atoms. The molecule has 6 nitrogen and oxygen atoms in total. The number of rotatable bonds is 7. The molecule has 4 atom stereocenters. The average molecular weight is 350 g/mol. The van der Waals surface area contributed by atoms with E-state index < -0.39 is 36.2 Å². The maximum atomic E-state index is 12.2. The standard InChI is InChI=1S/C19H26O6/c1-5-16(20)23-11-18(22)24-15(10-17(21)25-19(2,3)4)14-9-12-6-7-13(14)8-12/h5-7,12-15H,1,8-11H2,2-4H3. The molecule has 0 N–H and O–H groups in total. The van der Waals surface area contributed by atoms with Crippen LogP contribution >= 0.6 is 0 Å². The van der Waals surface area contributed by atoms with Crippen molar-refractivity contribution >= 4 is 17.9 Å². The summed E-state index contributed by atoms with van der Waals surface area (Å²) < 4.78 is 15.5. The van der Waals surface area contributed by atoms with Crippen LogP contribution in [-0.2, 0) is 28.6 Å². The third kappa shape index (κ3) is 5.73. The number of fused-ring (bicyclic) bond motifs is 2. The van der Waals surface area contributed by atoms with Gasteiger partial charge in [0.25, 0.3) is 0 Å². The number of hydrogen-bond donors (Lipinski definition) is 0. The van der Waals surface area contributed by atoms with Crippen molar-refractivity contribution in [3.63, 3.8) is 0 Å². The molecule has 0 radical (unpaired) electrons. The molecule has 2 rings (SSSR count). The van der Waals surface area contributed by atoms with Gasteiger partial charge in [0.1, 0.15) is 11.7 Å². The molecule has 0 aromatic rings. The fraction of sp³-hybridized carbons (Fsp3) is 0.632. The van der Waals surface area contributed by atoms with Crippen LogP contribution < -0.4 is 0 Å². The van der Waals surface area contributed by atoms with Gasteiger partial charge in [0.05, 0.1) is 6.42 Å². The van der Waals surface area contributed by atoms with Crippen molar-refractivity contribution in [1.82, 2.24) is 0 Å². The molecule has 1 fully saturated rings. The van der Waals surface area contributed by atoms with Crippen LogP contribution in [0.25, 0.3) is 0 Å². The molecule has 0 spiro atoms. The molecule has 0 heterocycles. The molecule has 2 bridgehead atoms. The zero-order valence-corrected chi connectivity index (χ0v) is 15.0. The molecule has 0 aromatic carbocycles. The summed E-state index contributed by atoms with van der Waals surface area (Å²) in [5, 5.41) is 0. The Kier molecular flexibility index (Phi) is 6.03. The molecule has 0 saturated heterocycles. The number of carbonyl (C=O) groups is 3. The second-order valence-corrected chi connectivity index (χ2v) is 7.57. The number of esters is 3. The lowest BCUT2D eigenvalue weighted by Crippen LogP contribution is -2.35. The van der Waals surface area contributed by atoms with Gasteiger partial charge in [-0.05, 0) is 45.4 Å². The number of carbonyl (C=O) groups excluding carboxylic acids is 3. The normalized spacial score (nSPS) is 25.3. The number of ether oxygens (including phenoxy) is 3. The first-order valence-corrected chi connectivity index (χ1v) is 8.57. The molecule has 0 aromatic heterocycles. The van der Waals surface area contributed by atoms with Gasteiger partial charge in [-0.25, -0.2) is 9.59 Å². The van der Waals surface area contributed by atoms with Crippen LogP contribution in [0, 0.1) is 17.8 Å². The summed E-state index contributed by atoms with van der Waals surface area (Å²) in [6.45, 7) is 8.15. The van der Waals surface area contributed by atoms with Gasteiger partial charge in [-0.3, -0.25) is 4.79 Å². The van der Waals surface area contributed by atoms with E-state index >= 15 is 0 Å². The van der Waals surface area contributed by atoms with Gasteiger partial charge in [0, 0.05) is 12.0 Å². The Morgan fingerprint density at radius 3 is 2.44 bits per heavy atom. The predicted octanol–water partition coefficient (Wildman–Crippen LogP) is 2.57. The highest BCUT2D eigenvalue weighted by molar-refractivity contribution is 5.83. The summed E-state index contributed by atoms with van der Waals surface area (Å²) in [7, 11) is 0. The highest BCUT2D eigenvalue weighted by Crippen LogP contribution is 2.46. The minimum absolute atomic E-state index is 0.000140. The first kappa shape index (κ1) is 19.2. The van der Waals surface area contributed by atoms with Crippen molar-refractivity contribution in [2.24, 2.45) is 17.8 Å². The lowest BCUT2D eigenvalue weighted by atomic mass is 9.87. The van der Waals surface area contributed by atoms with Crippen LogP contribution in [-0.4, -0.2) is 36.2 Å². The van der Waals surface area contributed by atoms with Gasteiger partial charge >= 0.3 is 17.9 Å². The van der Waals surface area contributed by atoms with Gasteiger partial charge in [0.2, 0.25) is 0 Å². The molecule has 138 valence electrons. The van der Waals surface area contributed by atoms with E-state index in [2.05, 4.69) is 18.7 Å². The smallest absolute Gasteiger partial charge is 0.344 e. The van der Waals surface area contributed by atoms with Crippen LogP contribution in [0.15, 0.2) is 24.8 Å². The van der Waals surface area contributed by atoms with Gasteiger partial charge < -0.3 is 14.2 Å². The fourth-order valence-electron chi connectivity index (χ4n) is 3.47. The largest absolute Gasteiger partial charge is 0.460 e. The Morgan fingerprint density at radius 2 is 1.92 bits per heavy atom. The lowest BCUT2D eigenvalue weighted by Gasteiger charge is -2.29. The average Bonchev–Trinajstić information content (AvgIpc) is 3.13. The Balaban J connectivity index is 1.98. The molecule has 1 saturated carbocycles. The molecule has 2 aliphatic carbocycles. The SMILES string of the molecule is C=CC(=O)OCC(=O)OC(CC(=O)OC(C)(C)C)C1CC2C=CC1C2. The Bertz CT molecular complexity index is 571. The molecule has 4 unspecified atom stereocenters. The minimum Gasteiger partial charge on any atom is -0.460 e. The highest BCUT2D eigenvalue weighted by Gasteiger charge is 2.42. The van der Waals surface area contributed by atoms with E-state index in [1.165, 1.54) is 0 Å². The van der Waals surface area contributed by atoms with E-state index in [1.807, 2.05) is 0 Å². The van der Waals surface area contributed by atoms with Crippen LogP contribution in [0.4, 0.5) is 0 Å². The Labute approximate surface area is 148 Å². The zero-order chi connectivity index (χ0) is 18.6. The van der Waals surface area contributed by atoms with Crippen LogP contribution in [0.3, 0.4) is 0 Å². The molecule has 6 heteroatoms. The van der Waals surface area contributed by atoms with Crippen molar-refractivity contribution in [3.8, 4) is 0 Å². The highest BCUT2D eigenvalue weighted by atomic mass is 16.6. The Morgan fingerprint density at radius 1 is 1.20 bits per heavy atom. The van der Waals surface area contributed by atoms with E-state index in [0.717, 1.165) is 18.9 Å². The second-order valence-electron chi connectivity index (χ2n) is 7.57. The van der Waals surface area contributed by atoms with Crippen molar-refractivity contribution in [3.05, 3.63) is 24.8 Å². The number of allylic oxidation sites excluding steroid dienone is 2.